The molecule has 0 N–H and O–H groups in total. The standard InChI is InChI=1S/C12H10BrFO2/c1-15-11-3-2-8(6-10(11)14)12(13)9-4-5-16-7-9/h2-7,12H,1H3. The zero-order valence-electron chi connectivity index (χ0n) is 8.61. The van der Waals surface area contributed by atoms with Crippen molar-refractivity contribution in [2.45, 2.75) is 4.83 Å². The van der Waals surface area contributed by atoms with Crippen LogP contribution in [-0.2, 0) is 0 Å². The number of furan rings is 1. The predicted octanol–water partition coefficient (Wildman–Crippen LogP) is 3.91. The average Bonchev–Trinajstić information content (AvgIpc) is 2.81. The van der Waals surface area contributed by atoms with E-state index < -0.39 is 0 Å². The van der Waals surface area contributed by atoms with Gasteiger partial charge in [-0.05, 0) is 23.8 Å². The Balaban J connectivity index is 2.31. The summed E-state index contributed by atoms with van der Waals surface area (Å²) < 4.78 is 23.3. The molecule has 2 nitrogen and oxygen atoms in total. The maximum absolute atomic E-state index is 13.5. The largest absolute Gasteiger partial charge is 0.494 e. The van der Waals surface area contributed by atoms with Crippen molar-refractivity contribution >= 4 is 15.9 Å². The van der Waals surface area contributed by atoms with Crippen LogP contribution in [0.25, 0.3) is 0 Å². The summed E-state index contributed by atoms with van der Waals surface area (Å²) in [6.07, 6.45) is 3.21. The average molecular weight is 285 g/mol. The molecule has 0 aliphatic heterocycles. The second-order valence-corrected chi connectivity index (χ2v) is 4.23. The first kappa shape index (κ1) is 11.2. The molecule has 2 rings (SSSR count). The van der Waals surface area contributed by atoms with Crippen molar-refractivity contribution < 1.29 is 13.5 Å². The molecule has 0 amide bonds. The van der Waals surface area contributed by atoms with Crippen molar-refractivity contribution in [2.75, 3.05) is 7.11 Å². The molecule has 0 fully saturated rings. The van der Waals surface area contributed by atoms with Gasteiger partial charge >= 0.3 is 0 Å². The van der Waals surface area contributed by atoms with Crippen LogP contribution < -0.4 is 4.74 Å². The quantitative estimate of drug-likeness (QED) is 0.798. The van der Waals surface area contributed by atoms with Crippen LogP contribution in [0.2, 0.25) is 0 Å². The van der Waals surface area contributed by atoms with Crippen LogP contribution in [0.4, 0.5) is 4.39 Å². The third kappa shape index (κ3) is 2.11. The van der Waals surface area contributed by atoms with Crippen molar-refractivity contribution in [3.63, 3.8) is 0 Å². The zero-order valence-corrected chi connectivity index (χ0v) is 10.2. The number of hydrogen-bond donors (Lipinski definition) is 0. The number of benzene rings is 1. The molecule has 1 heterocycles. The molecule has 0 radical (unpaired) electrons. The van der Waals surface area contributed by atoms with Crippen molar-refractivity contribution in [3.05, 3.63) is 53.7 Å². The molecule has 1 aromatic carbocycles. The summed E-state index contributed by atoms with van der Waals surface area (Å²) in [5, 5.41) is 0. The Hall–Kier alpha value is -1.29. The smallest absolute Gasteiger partial charge is 0.165 e. The fourth-order valence-electron chi connectivity index (χ4n) is 1.45. The third-order valence-electron chi connectivity index (χ3n) is 2.30. The first-order chi connectivity index (χ1) is 7.72. The molecule has 2 aromatic rings. The molecule has 0 aliphatic rings. The lowest BCUT2D eigenvalue weighted by atomic mass is 10.1. The lowest BCUT2D eigenvalue weighted by Crippen LogP contribution is -1.94. The Morgan fingerprint density at radius 1 is 1.31 bits per heavy atom. The molecule has 0 aliphatic carbocycles. The fraction of sp³-hybridized carbons (Fsp3) is 0.167. The van der Waals surface area contributed by atoms with E-state index >= 15 is 0 Å². The van der Waals surface area contributed by atoms with Crippen molar-refractivity contribution in [1.82, 2.24) is 0 Å². The Bertz CT molecular complexity index is 468. The van der Waals surface area contributed by atoms with Gasteiger partial charge in [0.15, 0.2) is 11.6 Å². The van der Waals surface area contributed by atoms with Crippen LogP contribution in [0.5, 0.6) is 5.75 Å². The summed E-state index contributed by atoms with van der Waals surface area (Å²) in [7, 11) is 1.44. The van der Waals surface area contributed by atoms with E-state index in [9.17, 15) is 4.39 Å². The van der Waals surface area contributed by atoms with Gasteiger partial charge in [0.2, 0.25) is 0 Å². The zero-order chi connectivity index (χ0) is 11.5. The monoisotopic (exact) mass is 284 g/mol. The van der Waals surface area contributed by atoms with Crippen LogP contribution >= 0.6 is 15.9 Å². The normalized spacial score (nSPS) is 12.4. The van der Waals surface area contributed by atoms with Gasteiger partial charge in [-0.1, -0.05) is 22.0 Å². The number of rotatable bonds is 3. The van der Waals surface area contributed by atoms with Gasteiger partial charge in [0, 0.05) is 5.56 Å². The van der Waals surface area contributed by atoms with Crippen molar-refractivity contribution in [1.29, 1.82) is 0 Å². The van der Waals surface area contributed by atoms with Gasteiger partial charge in [0.05, 0.1) is 24.5 Å². The van der Waals surface area contributed by atoms with Crippen LogP contribution in [0.15, 0.2) is 41.2 Å². The molecule has 0 saturated heterocycles. The summed E-state index contributed by atoms with van der Waals surface area (Å²) in [6, 6.07) is 6.71. The lowest BCUT2D eigenvalue weighted by molar-refractivity contribution is 0.386. The van der Waals surface area contributed by atoms with Crippen LogP contribution in [0, 0.1) is 5.82 Å². The highest BCUT2D eigenvalue weighted by Crippen LogP contribution is 2.32. The summed E-state index contributed by atoms with van der Waals surface area (Å²) in [5.74, 6) is -0.122. The third-order valence-corrected chi connectivity index (χ3v) is 3.36. The molecular formula is C12H10BrFO2. The topological polar surface area (TPSA) is 22.4 Å². The van der Waals surface area contributed by atoms with Gasteiger partial charge in [0.25, 0.3) is 0 Å². The SMILES string of the molecule is COc1ccc(C(Br)c2ccoc2)cc1F. The van der Waals surface area contributed by atoms with Gasteiger partial charge in [-0.25, -0.2) is 4.39 Å². The predicted molar refractivity (Wildman–Crippen MR) is 62.4 cm³/mol. The van der Waals surface area contributed by atoms with Crippen LogP contribution in [-0.4, -0.2) is 7.11 Å². The molecule has 0 spiro atoms. The molecule has 84 valence electrons. The maximum atomic E-state index is 13.5. The summed E-state index contributed by atoms with van der Waals surface area (Å²) in [5.41, 5.74) is 1.77. The number of hydrogen-bond acceptors (Lipinski definition) is 2. The van der Waals surface area contributed by atoms with Gasteiger partial charge in [-0.3, -0.25) is 0 Å². The number of ether oxygens (including phenoxy) is 1. The van der Waals surface area contributed by atoms with Gasteiger partial charge in [-0.15, -0.1) is 0 Å². The molecule has 16 heavy (non-hydrogen) atoms. The molecule has 0 saturated carbocycles. The van der Waals surface area contributed by atoms with Gasteiger partial charge in [-0.2, -0.15) is 0 Å². The Labute approximate surface area is 101 Å². The second kappa shape index (κ2) is 4.70. The molecule has 1 unspecified atom stereocenters. The minimum Gasteiger partial charge on any atom is -0.494 e. The summed E-state index contributed by atoms with van der Waals surface area (Å²) in [6.45, 7) is 0. The Morgan fingerprint density at radius 2 is 2.12 bits per heavy atom. The first-order valence-corrected chi connectivity index (χ1v) is 5.63. The van der Waals surface area contributed by atoms with E-state index in [1.807, 2.05) is 12.1 Å². The highest BCUT2D eigenvalue weighted by Gasteiger charge is 2.13. The van der Waals surface area contributed by atoms with E-state index in [2.05, 4.69) is 15.9 Å². The van der Waals surface area contributed by atoms with E-state index in [4.69, 9.17) is 9.15 Å². The van der Waals surface area contributed by atoms with E-state index in [0.717, 1.165) is 11.1 Å². The van der Waals surface area contributed by atoms with E-state index in [0.29, 0.717) is 0 Å². The molecular weight excluding hydrogens is 275 g/mol. The first-order valence-electron chi connectivity index (χ1n) is 4.72. The molecule has 1 atom stereocenters. The Kier molecular flexibility index (Phi) is 3.29. The van der Waals surface area contributed by atoms with E-state index in [1.165, 1.54) is 13.2 Å². The lowest BCUT2D eigenvalue weighted by Gasteiger charge is -2.09. The summed E-state index contributed by atoms with van der Waals surface area (Å²) >= 11 is 3.49. The molecule has 0 bridgehead atoms. The van der Waals surface area contributed by atoms with Gasteiger partial charge < -0.3 is 9.15 Å². The number of halogens is 2. The maximum Gasteiger partial charge on any atom is 0.165 e. The van der Waals surface area contributed by atoms with Crippen molar-refractivity contribution in [3.8, 4) is 5.75 Å². The minimum absolute atomic E-state index is 0.0772. The highest BCUT2D eigenvalue weighted by atomic mass is 79.9. The van der Waals surface area contributed by atoms with E-state index in [1.54, 1.807) is 18.6 Å². The van der Waals surface area contributed by atoms with Crippen LogP contribution in [0.1, 0.15) is 16.0 Å². The fourth-order valence-corrected chi connectivity index (χ4v) is 2.00. The van der Waals surface area contributed by atoms with Crippen LogP contribution in [0.3, 0.4) is 0 Å². The van der Waals surface area contributed by atoms with Crippen molar-refractivity contribution in [2.24, 2.45) is 0 Å². The summed E-state index contributed by atoms with van der Waals surface area (Å²) in [4.78, 5) is -0.0772. The minimum atomic E-state index is -0.368. The highest BCUT2D eigenvalue weighted by molar-refractivity contribution is 9.09. The van der Waals surface area contributed by atoms with Gasteiger partial charge in [0.1, 0.15) is 0 Å². The number of methoxy groups -OCH3 is 1. The second-order valence-electron chi connectivity index (χ2n) is 3.31. The molecule has 1 aromatic heterocycles. The Morgan fingerprint density at radius 3 is 2.69 bits per heavy atom. The number of alkyl halides is 1. The van der Waals surface area contributed by atoms with E-state index in [-0.39, 0.29) is 16.4 Å². The molecule has 4 heteroatoms.